The number of carbonyl (C=O) groups excluding carboxylic acids is 3. The van der Waals surface area contributed by atoms with Crippen LogP contribution < -0.4 is 16.1 Å². The maximum Gasteiger partial charge on any atom is 0.328 e. The minimum atomic E-state index is -0.964. The molecule has 0 saturated carbocycles. The van der Waals surface area contributed by atoms with Gasteiger partial charge < -0.3 is 10.6 Å². The zero-order valence-electron chi connectivity index (χ0n) is 18.3. The first-order valence-corrected chi connectivity index (χ1v) is 11.0. The van der Waals surface area contributed by atoms with Crippen LogP contribution in [-0.2, 0) is 9.59 Å². The number of para-hydroxylation sites is 1. The van der Waals surface area contributed by atoms with Gasteiger partial charge in [0, 0.05) is 26.8 Å². The van der Waals surface area contributed by atoms with Crippen LogP contribution in [0.4, 0.5) is 11.4 Å². The van der Waals surface area contributed by atoms with Crippen LogP contribution in [0, 0.1) is 13.8 Å². The highest BCUT2D eigenvalue weighted by Crippen LogP contribution is 2.25. The van der Waals surface area contributed by atoms with Crippen molar-refractivity contribution in [2.24, 2.45) is 0 Å². The van der Waals surface area contributed by atoms with Gasteiger partial charge in [-0.25, -0.2) is 4.68 Å². The van der Waals surface area contributed by atoms with Gasteiger partial charge in [0.25, 0.3) is 5.91 Å². The van der Waals surface area contributed by atoms with E-state index in [0.717, 1.165) is 11.1 Å². The van der Waals surface area contributed by atoms with Crippen LogP contribution in [0.1, 0.15) is 21.6 Å². The summed E-state index contributed by atoms with van der Waals surface area (Å²) in [5.41, 5.74) is 5.97. The number of aromatic nitrogens is 1. The molecule has 1 aromatic heterocycles. The molecule has 34 heavy (non-hydrogen) atoms. The number of anilines is 2. The van der Waals surface area contributed by atoms with Crippen molar-refractivity contribution in [2.75, 3.05) is 16.1 Å². The molecule has 1 heterocycles. The molecule has 0 bridgehead atoms. The van der Waals surface area contributed by atoms with E-state index in [-0.39, 0.29) is 5.69 Å². The fourth-order valence-corrected chi connectivity index (χ4v) is 3.94. The largest absolute Gasteiger partial charge is 0.328 e. The molecule has 0 aliphatic carbocycles. The van der Waals surface area contributed by atoms with E-state index in [4.69, 9.17) is 23.2 Å². The van der Waals surface area contributed by atoms with Crippen LogP contribution in [-0.4, -0.2) is 22.4 Å². The molecule has 4 rings (SSSR count). The molecule has 0 aliphatic rings. The standard InChI is InChI=1S/C25H20Cl2N4O3/c1-14-5-3-6-15(2)22(14)29-23(32)21-12-16-11-18(27)9-10-20(16)31(21)30-25(34)24(33)28-19-8-4-7-17(26)13-19/h3-13H,1-2H3,(H,28,33)(H,29,32)(H,30,34). The van der Waals surface area contributed by atoms with Gasteiger partial charge in [-0.05, 0) is 67.4 Å². The number of carbonyl (C=O) groups is 3. The molecule has 0 atom stereocenters. The predicted octanol–water partition coefficient (Wildman–Crippen LogP) is 5.53. The molecular formula is C25H20Cl2N4O3. The Balaban J connectivity index is 1.66. The van der Waals surface area contributed by atoms with Crippen LogP contribution in [0.3, 0.4) is 0 Å². The van der Waals surface area contributed by atoms with E-state index in [9.17, 15) is 14.4 Å². The van der Waals surface area contributed by atoms with Crippen molar-refractivity contribution < 1.29 is 14.4 Å². The summed E-state index contributed by atoms with van der Waals surface area (Å²) in [6, 6.07) is 18.6. The number of hydrogen-bond donors (Lipinski definition) is 3. The summed E-state index contributed by atoms with van der Waals surface area (Å²) in [6.45, 7) is 3.78. The van der Waals surface area contributed by atoms with Crippen LogP contribution in [0.2, 0.25) is 10.0 Å². The van der Waals surface area contributed by atoms with Crippen molar-refractivity contribution in [3.05, 3.63) is 93.6 Å². The third-order valence-electron chi connectivity index (χ3n) is 5.22. The lowest BCUT2D eigenvalue weighted by Crippen LogP contribution is -2.36. The van der Waals surface area contributed by atoms with E-state index in [1.807, 2.05) is 32.0 Å². The summed E-state index contributed by atoms with van der Waals surface area (Å²) in [4.78, 5) is 38.5. The van der Waals surface area contributed by atoms with E-state index in [0.29, 0.717) is 32.3 Å². The molecule has 0 aliphatic heterocycles. The third kappa shape index (κ3) is 4.90. The molecule has 0 spiro atoms. The number of rotatable bonds is 4. The highest BCUT2D eigenvalue weighted by atomic mass is 35.5. The summed E-state index contributed by atoms with van der Waals surface area (Å²) in [5.74, 6) is -2.34. The Morgan fingerprint density at radius 1 is 0.765 bits per heavy atom. The Hall–Kier alpha value is -3.81. The minimum absolute atomic E-state index is 0.129. The quantitative estimate of drug-likeness (QED) is 0.326. The van der Waals surface area contributed by atoms with Gasteiger partial charge in [0.2, 0.25) is 0 Å². The van der Waals surface area contributed by atoms with Gasteiger partial charge in [0.05, 0.1) is 5.52 Å². The van der Waals surface area contributed by atoms with Gasteiger partial charge >= 0.3 is 11.8 Å². The molecular weight excluding hydrogens is 475 g/mol. The van der Waals surface area contributed by atoms with Gasteiger partial charge in [0.15, 0.2) is 0 Å². The zero-order valence-corrected chi connectivity index (χ0v) is 19.8. The van der Waals surface area contributed by atoms with Gasteiger partial charge in [0.1, 0.15) is 5.69 Å². The maximum absolute atomic E-state index is 13.2. The van der Waals surface area contributed by atoms with Crippen LogP contribution in [0.5, 0.6) is 0 Å². The summed E-state index contributed by atoms with van der Waals surface area (Å²) >= 11 is 12.1. The average molecular weight is 495 g/mol. The second kappa shape index (κ2) is 9.59. The Bertz CT molecular complexity index is 1430. The molecule has 3 N–H and O–H groups in total. The fraction of sp³-hybridized carbons (Fsp3) is 0.0800. The van der Waals surface area contributed by atoms with Gasteiger partial charge in [-0.15, -0.1) is 0 Å². The third-order valence-corrected chi connectivity index (χ3v) is 5.69. The van der Waals surface area contributed by atoms with E-state index >= 15 is 0 Å². The van der Waals surface area contributed by atoms with Crippen molar-refractivity contribution >= 4 is 63.2 Å². The van der Waals surface area contributed by atoms with Crippen molar-refractivity contribution in [1.82, 2.24) is 4.68 Å². The van der Waals surface area contributed by atoms with Gasteiger partial charge in [-0.2, -0.15) is 0 Å². The number of amides is 3. The minimum Gasteiger partial charge on any atom is -0.320 e. The van der Waals surface area contributed by atoms with Crippen LogP contribution in [0.25, 0.3) is 10.9 Å². The number of hydrogen-bond acceptors (Lipinski definition) is 3. The van der Waals surface area contributed by atoms with Crippen molar-refractivity contribution in [2.45, 2.75) is 13.8 Å². The molecule has 0 radical (unpaired) electrons. The van der Waals surface area contributed by atoms with E-state index in [2.05, 4.69) is 16.1 Å². The molecule has 3 amide bonds. The lowest BCUT2D eigenvalue weighted by atomic mass is 10.1. The number of fused-ring (bicyclic) bond motifs is 1. The molecule has 9 heteroatoms. The predicted molar refractivity (Wildman–Crippen MR) is 135 cm³/mol. The first-order valence-electron chi connectivity index (χ1n) is 10.3. The van der Waals surface area contributed by atoms with Crippen LogP contribution in [0.15, 0.2) is 66.7 Å². The first-order chi connectivity index (χ1) is 16.2. The first kappa shape index (κ1) is 23.4. The maximum atomic E-state index is 13.2. The fourth-order valence-electron chi connectivity index (χ4n) is 3.57. The molecule has 4 aromatic rings. The number of nitrogens with zero attached hydrogens (tertiary/aromatic N) is 1. The summed E-state index contributed by atoms with van der Waals surface area (Å²) in [7, 11) is 0. The molecule has 0 unspecified atom stereocenters. The zero-order chi connectivity index (χ0) is 24.4. The highest BCUT2D eigenvalue weighted by molar-refractivity contribution is 6.42. The van der Waals surface area contributed by atoms with E-state index in [1.165, 1.54) is 10.7 Å². The smallest absolute Gasteiger partial charge is 0.320 e. The van der Waals surface area contributed by atoms with E-state index < -0.39 is 17.7 Å². The number of nitrogens with one attached hydrogen (secondary N) is 3. The average Bonchev–Trinajstić information content (AvgIpc) is 3.13. The molecule has 172 valence electrons. The summed E-state index contributed by atoms with van der Waals surface area (Å²) in [6.07, 6.45) is 0. The topological polar surface area (TPSA) is 92.2 Å². The Morgan fingerprint density at radius 3 is 2.15 bits per heavy atom. The Morgan fingerprint density at radius 2 is 1.44 bits per heavy atom. The molecule has 3 aromatic carbocycles. The normalized spacial score (nSPS) is 10.7. The monoisotopic (exact) mass is 494 g/mol. The number of aryl methyl sites for hydroxylation is 2. The van der Waals surface area contributed by atoms with Crippen LogP contribution >= 0.6 is 23.2 Å². The van der Waals surface area contributed by atoms with E-state index in [1.54, 1.807) is 42.5 Å². The van der Waals surface area contributed by atoms with Gasteiger partial charge in [-0.1, -0.05) is 47.5 Å². The lowest BCUT2D eigenvalue weighted by molar-refractivity contribution is -0.133. The van der Waals surface area contributed by atoms with Crippen molar-refractivity contribution in [3.8, 4) is 0 Å². The summed E-state index contributed by atoms with van der Waals surface area (Å²) in [5, 5.41) is 6.89. The highest BCUT2D eigenvalue weighted by Gasteiger charge is 2.22. The lowest BCUT2D eigenvalue weighted by Gasteiger charge is -2.14. The second-order valence-corrected chi connectivity index (χ2v) is 8.57. The summed E-state index contributed by atoms with van der Waals surface area (Å²) < 4.78 is 1.27. The number of halogens is 2. The second-order valence-electron chi connectivity index (χ2n) is 7.69. The molecule has 7 nitrogen and oxygen atoms in total. The molecule has 0 saturated heterocycles. The number of benzene rings is 3. The van der Waals surface area contributed by atoms with Crippen molar-refractivity contribution in [3.63, 3.8) is 0 Å². The molecule has 0 fully saturated rings. The van der Waals surface area contributed by atoms with Gasteiger partial charge in [-0.3, -0.25) is 19.8 Å². The van der Waals surface area contributed by atoms with Crippen molar-refractivity contribution in [1.29, 1.82) is 0 Å². The Labute approximate surface area is 205 Å². The SMILES string of the molecule is Cc1cccc(C)c1NC(=O)c1cc2cc(Cl)ccc2n1NC(=O)C(=O)Nc1cccc(Cl)c1. The Kier molecular flexibility index (Phi) is 6.58.